The van der Waals surface area contributed by atoms with Crippen molar-refractivity contribution in [3.05, 3.63) is 42.1 Å². The Balaban J connectivity index is 2.19. The van der Waals surface area contributed by atoms with Crippen LogP contribution in [0.3, 0.4) is 0 Å². The predicted octanol–water partition coefficient (Wildman–Crippen LogP) is 2.94. The molecule has 0 bridgehead atoms. The lowest BCUT2D eigenvalue weighted by molar-refractivity contribution is 0.164. The molecule has 2 rings (SSSR count). The zero-order chi connectivity index (χ0) is 11.4. The standard InChI is InChI=1S/C14H17NO/c1-2-4-13(16)10-11-6-7-14-12(9-11)5-3-8-15-14/h3,5-9,13,16H,2,4,10H2,1H3/t13-/m0/s1. The first-order chi connectivity index (χ1) is 7.79. The van der Waals surface area contributed by atoms with Gasteiger partial charge in [0.2, 0.25) is 0 Å². The number of fused-ring (bicyclic) bond motifs is 1. The first kappa shape index (κ1) is 11.1. The Kier molecular flexibility index (Phi) is 3.52. The van der Waals surface area contributed by atoms with Crippen molar-refractivity contribution in [1.82, 2.24) is 4.98 Å². The van der Waals surface area contributed by atoms with Crippen LogP contribution in [0, 0.1) is 0 Å². The second-order valence-electron chi connectivity index (χ2n) is 4.18. The summed E-state index contributed by atoms with van der Waals surface area (Å²) in [6, 6.07) is 10.2. The first-order valence-corrected chi connectivity index (χ1v) is 5.81. The minimum atomic E-state index is -0.223. The van der Waals surface area contributed by atoms with Gasteiger partial charge in [-0.25, -0.2) is 0 Å². The fraction of sp³-hybridized carbons (Fsp3) is 0.357. The van der Waals surface area contributed by atoms with Crippen LogP contribution in [0.5, 0.6) is 0 Å². The van der Waals surface area contributed by atoms with Crippen LogP contribution >= 0.6 is 0 Å². The molecule has 0 radical (unpaired) electrons. The van der Waals surface area contributed by atoms with E-state index in [1.54, 1.807) is 6.20 Å². The minimum absolute atomic E-state index is 0.223. The van der Waals surface area contributed by atoms with Gasteiger partial charge >= 0.3 is 0 Å². The van der Waals surface area contributed by atoms with Crippen LogP contribution in [-0.4, -0.2) is 16.2 Å². The SMILES string of the molecule is CCC[C@H](O)Cc1ccc2ncccc2c1. The molecule has 0 spiro atoms. The molecule has 0 aliphatic heterocycles. The first-order valence-electron chi connectivity index (χ1n) is 5.81. The third-order valence-electron chi connectivity index (χ3n) is 2.76. The second kappa shape index (κ2) is 5.08. The van der Waals surface area contributed by atoms with Gasteiger partial charge in [0, 0.05) is 11.6 Å². The van der Waals surface area contributed by atoms with Gasteiger partial charge in [0.05, 0.1) is 11.6 Å². The molecule has 84 valence electrons. The highest BCUT2D eigenvalue weighted by molar-refractivity contribution is 5.78. The van der Waals surface area contributed by atoms with Gasteiger partial charge in [0.25, 0.3) is 0 Å². The molecule has 0 amide bonds. The van der Waals surface area contributed by atoms with Crippen molar-refractivity contribution in [2.24, 2.45) is 0 Å². The summed E-state index contributed by atoms with van der Waals surface area (Å²) < 4.78 is 0. The number of hydrogen-bond donors (Lipinski definition) is 1. The molecule has 16 heavy (non-hydrogen) atoms. The van der Waals surface area contributed by atoms with Crippen LogP contribution in [0.4, 0.5) is 0 Å². The molecular weight excluding hydrogens is 198 g/mol. The summed E-state index contributed by atoms with van der Waals surface area (Å²) in [6.45, 7) is 2.09. The third-order valence-corrected chi connectivity index (χ3v) is 2.76. The van der Waals surface area contributed by atoms with Crippen molar-refractivity contribution < 1.29 is 5.11 Å². The van der Waals surface area contributed by atoms with Crippen molar-refractivity contribution in [3.8, 4) is 0 Å². The lowest BCUT2D eigenvalue weighted by Crippen LogP contribution is -2.09. The Labute approximate surface area is 96.0 Å². The van der Waals surface area contributed by atoms with Crippen molar-refractivity contribution in [1.29, 1.82) is 0 Å². The van der Waals surface area contributed by atoms with Crippen LogP contribution in [-0.2, 0) is 6.42 Å². The van der Waals surface area contributed by atoms with Crippen LogP contribution in [0.15, 0.2) is 36.5 Å². The Bertz CT molecular complexity index is 467. The quantitative estimate of drug-likeness (QED) is 0.850. The monoisotopic (exact) mass is 215 g/mol. The summed E-state index contributed by atoms with van der Waals surface area (Å²) in [6.07, 6.45) is 4.20. The second-order valence-corrected chi connectivity index (χ2v) is 4.18. The van der Waals surface area contributed by atoms with Gasteiger partial charge in [-0.2, -0.15) is 0 Å². The molecule has 1 atom stereocenters. The Morgan fingerprint density at radius 2 is 2.19 bits per heavy atom. The molecule has 1 aromatic heterocycles. The van der Waals surface area contributed by atoms with Gasteiger partial charge in [0.1, 0.15) is 0 Å². The summed E-state index contributed by atoms with van der Waals surface area (Å²) in [5.74, 6) is 0. The number of hydrogen-bond acceptors (Lipinski definition) is 2. The van der Waals surface area contributed by atoms with E-state index in [2.05, 4.69) is 24.0 Å². The highest BCUT2D eigenvalue weighted by Gasteiger charge is 2.04. The fourth-order valence-corrected chi connectivity index (χ4v) is 1.96. The van der Waals surface area contributed by atoms with Gasteiger partial charge < -0.3 is 5.11 Å². The molecule has 2 nitrogen and oxygen atoms in total. The van der Waals surface area contributed by atoms with Gasteiger partial charge in [0.15, 0.2) is 0 Å². The molecule has 1 aromatic carbocycles. The molecule has 0 aliphatic rings. The van der Waals surface area contributed by atoms with Crippen LogP contribution < -0.4 is 0 Å². The predicted molar refractivity (Wildman–Crippen MR) is 66.4 cm³/mol. The number of pyridine rings is 1. The van der Waals surface area contributed by atoms with E-state index in [0.29, 0.717) is 0 Å². The lowest BCUT2D eigenvalue weighted by Gasteiger charge is -2.09. The minimum Gasteiger partial charge on any atom is -0.393 e. The maximum absolute atomic E-state index is 9.76. The average molecular weight is 215 g/mol. The normalized spacial score (nSPS) is 12.9. The van der Waals surface area contributed by atoms with Crippen molar-refractivity contribution in [3.63, 3.8) is 0 Å². The molecule has 1 N–H and O–H groups in total. The van der Waals surface area contributed by atoms with Crippen LogP contribution in [0.25, 0.3) is 10.9 Å². The molecule has 0 saturated heterocycles. The van der Waals surface area contributed by atoms with Crippen molar-refractivity contribution >= 4 is 10.9 Å². The number of aliphatic hydroxyl groups excluding tert-OH is 1. The van der Waals surface area contributed by atoms with E-state index in [1.165, 1.54) is 5.56 Å². The number of benzene rings is 1. The topological polar surface area (TPSA) is 33.1 Å². The van der Waals surface area contributed by atoms with Gasteiger partial charge in [-0.3, -0.25) is 4.98 Å². The maximum Gasteiger partial charge on any atom is 0.0702 e. The molecule has 2 aromatic rings. The van der Waals surface area contributed by atoms with E-state index in [1.807, 2.05) is 18.2 Å². The number of aliphatic hydroxyl groups is 1. The van der Waals surface area contributed by atoms with Crippen molar-refractivity contribution in [2.45, 2.75) is 32.3 Å². The summed E-state index contributed by atoms with van der Waals surface area (Å²) >= 11 is 0. The molecule has 0 unspecified atom stereocenters. The Morgan fingerprint density at radius 3 is 3.00 bits per heavy atom. The van der Waals surface area contributed by atoms with E-state index >= 15 is 0 Å². The van der Waals surface area contributed by atoms with Gasteiger partial charge in [-0.15, -0.1) is 0 Å². The molecule has 1 heterocycles. The van der Waals surface area contributed by atoms with Gasteiger partial charge in [-0.1, -0.05) is 25.5 Å². The molecule has 0 fully saturated rings. The summed E-state index contributed by atoms with van der Waals surface area (Å²) in [5, 5.41) is 10.9. The lowest BCUT2D eigenvalue weighted by atomic mass is 10.0. The van der Waals surface area contributed by atoms with E-state index in [0.717, 1.165) is 30.2 Å². The summed E-state index contributed by atoms with van der Waals surface area (Å²) in [7, 11) is 0. The highest BCUT2D eigenvalue weighted by atomic mass is 16.3. The molecule has 0 saturated carbocycles. The zero-order valence-corrected chi connectivity index (χ0v) is 9.56. The van der Waals surface area contributed by atoms with E-state index in [-0.39, 0.29) is 6.10 Å². The van der Waals surface area contributed by atoms with E-state index in [9.17, 15) is 5.11 Å². The zero-order valence-electron chi connectivity index (χ0n) is 9.56. The number of rotatable bonds is 4. The highest BCUT2D eigenvalue weighted by Crippen LogP contribution is 2.15. The molecular formula is C14H17NO. The van der Waals surface area contributed by atoms with E-state index in [4.69, 9.17) is 0 Å². The van der Waals surface area contributed by atoms with Crippen LogP contribution in [0.2, 0.25) is 0 Å². The smallest absolute Gasteiger partial charge is 0.0702 e. The average Bonchev–Trinajstić information content (AvgIpc) is 2.29. The Morgan fingerprint density at radius 1 is 1.31 bits per heavy atom. The summed E-state index contributed by atoms with van der Waals surface area (Å²) in [4.78, 5) is 4.28. The Hall–Kier alpha value is -1.41. The summed E-state index contributed by atoms with van der Waals surface area (Å²) in [5.41, 5.74) is 2.19. The molecule has 2 heteroatoms. The van der Waals surface area contributed by atoms with Crippen molar-refractivity contribution in [2.75, 3.05) is 0 Å². The van der Waals surface area contributed by atoms with Gasteiger partial charge in [-0.05, 0) is 36.6 Å². The van der Waals surface area contributed by atoms with Crippen LogP contribution in [0.1, 0.15) is 25.3 Å². The maximum atomic E-state index is 9.76. The number of nitrogens with zero attached hydrogens (tertiary/aromatic N) is 1. The molecule has 0 aliphatic carbocycles. The fourth-order valence-electron chi connectivity index (χ4n) is 1.96. The largest absolute Gasteiger partial charge is 0.393 e. The van der Waals surface area contributed by atoms with E-state index < -0.39 is 0 Å². The third kappa shape index (κ3) is 2.58. The number of aromatic nitrogens is 1.